The van der Waals surface area contributed by atoms with Gasteiger partial charge in [0.1, 0.15) is 0 Å². The second kappa shape index (κ2) is 7.84. The molecule has 0 aliphatic carbocycles. The summed E-state index contributed by atoms with van der Waals surface area (Å²) in [6, 6.07) is 1.83. The standard InChI is InChI=1S/C12H23N5O/c1-13-7-4-5-12(18)14-11-6-8-17(15-11)10-9-16(2)3/h6,8,13H,4-5,7,9-10H2,1-3H3,(H,14,15,18). The van der Waals surface area contributed by atoms with Crippen LogP contribution in [-0.4, -0.2) is 54.8 Å². The van der Waals surface area contributed by atoms with E-state index in [9.17, 15) is 4.79 Å². The summed E-state index contributed by atoms with van der Waals surface area (Å²) in [4.78, 5) is 13.7. The van der Waals surface area contributed by atoms with Crippen LogP contribution in [0.4, 0.5) is 5.82 Å². The van der Waals surface area contributed by atoms with Crippen LogP contribution in [0, 0.1) is 0 Å². The van der Waals surface area contributed by atoms with Crippen molar-refractivity contribution in [3.05, 3.63) is 12.3 Å². The number of nitrogens with zero attached hydrogens (tertiary/aromatic N) is 3. The van der Waals surface area contributed by atoms with Gasteiger partial charge in [-0.15, -0.1) is 0 Å². The van der Waals surface area contributed by atoms with Gasteiger partial charge in [-0.25, -0.2) is 0 Å². The summed E-state index contributed by atoms with van der Waals surface area (Å²) < 4.78 is 1.84. The summed E-state index contributed by atoms with van der Waals surface area (Å²) in [5, 5.41) is 10.1. The minimum absolute atomic E-state index is 0.0168. The Balaban J connectivity index is 2.32. The molecule has 2 N–H and O–H groups in total. The normalized spacial score (nSPS) is 10.9. The maximum atomic E-state index is 11.6. The van der Waals surface area contributed by atoms with E-state index in [0.717, 1.165) is 26.1 Å². The van der Waals surface area contributed by atoms with Crippen molar-refractivity contribution < 1.29 is 4.79 Å². The Morgan fingerprint density at radius 1 is 1.50 bits per heavy atom. The number of amides is 1. The van der Waals surface area contributed by atoms with Crippen LogP contribution in [0.1, 0.15) is 12.8 Å². The molecular formula is C12H23N5O. The number of anilines is 1. The molecule has 0 bridgehead atoms. The summed E-state index contributed by atoms with van der Waals surface area (Å²) in [5.41, 5.74) is 0. The number of aromatic nitrogens is 2. The fourth-order valence-corrected chi connectivity index (χ4v) is 1.49. The quantitative estimate of drug-likeness (QED) is 0.658. The third kappa shape index (κ3) is 5.79. The van der Waals surface area contributed by atoms with Gasteiger partial charge in [-0.1, -0.05) is 0 Å². The first kappa shape index (κ1) is 14.7. The fourth-order valence-electron chi connectivity index (χ4n) is 1.49. The molecular weight excluding hydrogens is 230 g/mol. The molecule has 0 saturated carbocycles. The number of nitrogens with one attached hydrogen (secondary N) is 2. The predicted octanol–water partition coefficient (Wildman–Crippen LogP) is 0.383. The van der Waals surface area contributed by atoms with Crippen molar-refractivity contribution in [2.75, 3.05) is 39.5 Å². The average molecular weight is 253 g/mol. The van der Waals surface area contributed by atoms with Crippen molar-refractivity contribution in [1.29, 1.82) is 0 Å². The molecule has 1 rings (SSSR count). The van der Waals surface area contributed by atoms with Crippen LogP contribution in [-0.2, 0) is 11.3 Å². The lowest BCUT2D eigenvalue weighted by molar-refractivity contribution is -0.116. The van der Waals surface area contributed by atoms with Crippen LogP contribution in [0.2, 0.25) is 0 Å². The van der Waals surface area contributed by atoms with E-state index < -0.39 is 0 Å². The molecule has 18 heavy (non-hydrogen) atoms. The maximum absolute atomic E-state index is 11.6. The molecule has 0 spiro atoms. The van der Waals surface area contributed by atoms with E-state index in [1.54, 1.807) is 0 Å². The average Bonchev–Trinajstić information content (AvgIpc) is 2.74. The van der Waals surface area contributed by atoms with E-state index in [2.05, 4.69) is 20.6 Å². The molecule has 0 unspecified atom stereocenters. The SMILES string of the molecule is CNCCCC(=O)Nc1ccn(CCN(C)C)n1. The molecule has 0 aromatic carbocycles. The number of likely N-dealkylation sites (N-methyl/N-ethyl adjacent to an activating group) is 1. The number of hydrogen-bond donors (Lipinski definition) is 2. The van der Waals surface area contributed by atoms with Gasteiger partial charge in [0.2, 0.25) is 5.91 Å². The highest BCUT2D eigenvalue weighted by atomic mass is 16.1. The van der Waals surface area contributed by atoms with E-state index in [0.29, 0.717) is 12.2 Å². The highest BCUT2D eigenvalue weighted by Gasteiger charge is 2.04. The van der Waals surface area contributed by atoms with Crippen molar-refractivity contribution in [3.63, 3.8) is 0 Å². The number of rotatable bonds is 8. The Bertz CT molecular complexity index is 361. The van der Waals surface area contributed by atoms with Gasteiger partial charge in [0.15, 0.2) is 5.82 Å². The molecule has 0 atom stereocenters. The number of carbonyl (C=O) groups is 1. The molecule has 6 heteroatoms. The topological polar surface area (TPSA) is 62.2 Å². The van der Waals surface area contributed by atoms with Crippen LogP contribution in [0.3, 0.4) is 0 Å². The highest BCUT2D eigenvalue weighted by Crippen LogP contribution is 2.03. The van der Waals surface area contributed by atoms with Gasteiger partial charge in [-0.2, -0.15) is 5.10 Å². The Morgan fingerprint density at radius 2 is 2.28 bits per heavy atom. The Kier molecular flexibility index (Phi) is 6.38. The first-order chi connectivity index (χ1) is 8.61. The largest absolute Gasteiger partial charge is 0.320 e. The molecule has 1 amide bonds. The van der Waals surface area contributed by atoms with Crippen LogP contribution in [0.5, 0.6) is 0 Å². The Hall–Kier alpha value is -1.40. The zero-order valence-electron chi connectivity index (χ0n) is 11.4. The van der Waals surface area contributed by atoms with Gasteiger partial charge < -0.3 is 15.5 Å². The predicted molar refractivity (Wildman–Crippen MR) is 72.6 cm³/mol. The first-order valence-electron chi connectivity index (χ1n) is 6.24. The fraction of sp³-hybridized carbons (Fsp3) is 0.667. The monoisotopic (exact) mass is 253 g/mol. The van der Waals surface area contributed by atoms with Gasteiger partial charge in [0, 0.05) is 25.2 Å². The first-order valence-corrected chi connectivity index (χ1v) is 6.24. The van der Waals surface area contributed by atoms with Crippen molar-refractivity contribution in [2.24, 2.45) is 0 Å². The van der Waals surface area contributed by atoms with Crippen molar-refractivity contribution >= 4 is 11.7 Å². The second-order valence-corrected chi connectivity index (χ2v) is 4.52. The lowest BCUT2D eigenvalue weighted by Gasteiger charge is -2.08. The number of carbonyl (C=O) groups excluding carboxylic acids is 1. The zero-order valence-corrected chi connectivity index (χ0v) is 11.4. The molecule has 1 aromatic rings. The summed E-state index contributed by atoms with van der Waals surface area (Å²) in [6.45, 7) is 2.60. The third-order valence-electron chi connectivity index (χ3n) is 2.52. The molecule has 1 aromatic heterocycles. The smallest absolute Gasteiger partial charge is 0.225 e. The lowest BCUT2D eigenvalue weighted by Crippen LogP contribution is -2.19. The van der Waals surface area contributed by atoms with Crippen LogP contribution < -0.4 is 10.6 Å². The van der Waals surface area contributed by atoms with Gasteiger partial charge in [-0.3, -0.25) is 9.48 Å². The van der Waals surface area contributed by atoms with Crippen LogP contribution in [0.15, 0.2) is 12.3 Å². The van der Waals surface area contributed by atoms with E-state index in [-0.39, 0.29) is 5.91 Å². The van der Waals surface area contributed by atoms with Gasteiger partial charge >= 0.3 is 0 Å². The summed E-state index contributed by atoms with van der Waals surface area (Å²) in [5.74, 6) is 0.645. The third-order valence-corrected chi connectivity index (χ3v) is 2.52. The molecule has 6 nitrogen and oxygen atoms in total. The Labute approximate surface area is 108 Å². The highest BCUT2D eigenvalue weighted by molar-refractivity contribution is 5.89. The van der Waals surface area contributed by atoms with Crippen LogP contribution >= 0.6 is 0 Å². The van der Waals surface area contributed by atoms with Crippen molar-refractivity contribution in [3.8, 4) is 0 Å². The van der Waals surface area contributed by atoms with E-state index in [4.69, 9.17) is 0 Å². The number of hydrogen-bond acceptors (Lipinski definition) is 4. The molecule has 102 valence electrons. The Morgan fingerprint density at radius 3 is 2.94 bits per heavy atom. The molecule has 0 aliphatic rings. The zero-order chi connectivity index (χ0) is 13.4. The molecule has 1 heterocycles. The van der Waals surface area contributed by atoms with Crippen molar-refractivity contribution in [1.82, 2.24) is 20.0 Å². The molecule has 0 radical (unpaired) electrons. The second-order valence-electron chi connectivity index (χ2n) is 4.52. The summed E-state index contributed by atoms with van der Waals surface area (Å²) in [7, 11) is 5.92. The van der Waals surface area contributed by atoms with E-state index in [1.807, 2.05) is 38.1 Å². The van der Waals surface area contributed by atoms with Crippen LogP contribution in [0.25, 0.3) is 0 Å². The lowest BCUT2D eigenvalue weighted by atomic mass is 10.3. The van der Waals surface area contributed by atoms with Gasteiger partial charge in [0.05, 0.1) is 6.54 Å². The van der Waals surface area contributed by atoms with Gasteiger partial charge in [0.25, 0.3) is 0 Å². The minimum Gasteiger partial charge on any atom is -0.320 e. The van der Waals surface area contributed by atoms with Gasteiger partial charge in [-0.05, 0) is 34.1 Å². The van der Waals surface area contributed by atoms with Crippen molar-refractivity contribution in [2.45, 2.75) is 19.4 Å². The summed E-state index contributed by atoms with van der Waals surface area (Å²) in [6.07, 6.45) is 3.24. The van der Waals surface area contributed by atoms with E-state index >= 15 is 0 Å². The summed E-state index contributed by atoms with van der Waals surface area (Å²) >= 11 is 0. The van der Waals surface area contributed by atoms with E-state index in [1.165, 1.54) is 0 Å². The molecule has 0 aliphatic heterocycles. The maximum Gasteiger partial charge on any atom is 0.225 e. The molecule has 0 fully saturated rings. The minimum atomic E-state index is 0.0168. The molecule has 0 saturated heterocycles.